The van der Waals surface area contributed by atoms with Crippen molar-refractivity contribution in [1.29, 1.82) is 0 Å². The fourth-order valence-corrected chi connectivity index (χ4v) is 3.18. The lowest BCUT2D eigenvalue weighted by Crippen LogP contribution is -2.19. The summed E-state index contributed by atoms with van der Waals surface area (Å²) in [6.45, 7) is 1.27. The highest BCUT2D eigenvalue weighted by atomic mass is 35.5. The number of methoxy groups -OCH3 is 1. The third kappa shape index (κ3) is 5.53. The lowest BCUT2D eigenvalue weighted by atomic mass is 10.0. The van der Waals surface area contributed by atoms with Crippen molar-refractivity contribution < 1.29 is 14.3 Å². The minimum atomic E-state index is -0.288. The van der Waals surface area contributed by atoms with E-state index in [1.807, 2.05) is 55.4 Å². The van der Waals surface area contributed by atoms with Crippen LogP contribution in [0.4, 0.5) is 5.69 Å². The van der Waals surface area contributed by atoms with Gasteiger partial charge < -0.3 is 19.7 Å². The maximum Gasteiger partial charge on any atom is 0.257 e. The summed E-state index contributed by atoms with van der Waals surface area (Å²) in [4.78, 5) is 14.8. The number of halogens is 1. The maximum absolute atomic E-state index is 12.8. The van der Waals surface area contributed by atoms with Crippen molar-refractivity contribution in [3.05, 3.63) is 77.3 Å². The quantitative estimate of drug-likeness (QED) is 0.539. The first-order valence-corrected chi connectivity index (χ1v) is 9.97. The number of benzene rings is 3. The summed E-state index contributed by atoms with van der Waals surface area (Å²) in [6, 6.07) is 20.6. The van der Waals surface area contributed by atoms with Crippen molar-refractivity contribution >= 4 is 23.2 Å². The molecule has 3 aromatic rings. The van der Waals surface area contributed by atoms with Gasteiger partial charge in [0.1, 0.15) is 6.61 Å². The molecule has 0 aliphatic carbocycles. The van der Waals surface area contributed by atoms with Crippen LogP contribution in [0.25, 0.3) is 11.1 Å². The number of anilines is 1. The number of nitrogens with one attached hydrogen (secondary N) is 1. The molecule has 30 heavy (non-hydrogen) atoms. The topological polar surface area (TPSA) is 50.8 Å². The van der Waals surface area contributed by atoms with E-state index < -0.39 is 0 Å². The van der Waals surface area contributed by atoms with Crippen LogP contribution in [-0.4, -0.2) is 45.2 Å². The van der Waals surface area contributed by atoms with Crippen LogP contribution in [0.15, 0.2) is 66.7 Å². The van der Waals surface area contributed by atoms with E-state index in [4.69, 9.17) is 21.1 Å². The number of carbonyl (C=O) groups excluding carboxylic acids is 1. The van der Waals surface area contributed by atoms with Crippen molar-refractivity contribution in [3.63, 3.8) is 0 Å². The molecule has 0 aliphatic rings. The van der Waals surface area contributed by atoms with Gasteiger partial charge in [-0.1, -0.05) is 48.0 Å². The molecule has 0 aliphatic heterocycles. The van der Waals surface area contributed by atoms with Crippen LogP contribution in [0.1, 0.15) is 10.4 Å². The smallest absolute Gasteiger partial charge is 0.257 e. The highest BCUT2D eigenvalue weighted by Gasteiger charge is 2.14. The van der Waals surface area contributed by atoms with Crippen LogP contribution in [0.5, 0.6) is 11.5 Å². The second-order valence-corrected chi connectivity index (χ2v) is 7.44. The highest BCUT2D eigenvalue weighted by molar-refractivity contribution is 6.34. The Hall–Kier alpha value is -3.02. The van der Waals surface area contributed by atoms with E-state index in [1.165, 1.54) is 0 Å². The minimum Gasteiger partial charge on any atom is -0.493 e. The Kier molecular flexibility index (Phi) is 7.33. The molecule has 0 fully saturated rings. The molecule has 0 aromatic heterocycles. The maximum atomic E-state index is 12.8. The standard InChI is InChI=1S/C24H25ClN2O3/c1-27(2)13-14-30-23-16-19(10-12-22(23)29-3)26-24(28)20-11-9-18(15-21(20)25)17-7-5-4-6-8-17/h4-12,15-16H,13-14H2,1-3H3,(H,26,28). The number of amides is 1. The van der Waals surface area contributed by atoms with Crippen molar-refractivity contribution in [2.24, 2.45) is 0 Å². The van der Waals surface area contributed by atoms with Crippen LogP contribution in [-0.2, 0) is 0 Å². The predicted octanol–water partition coefficient (Wildman–Crippen LogP) is 5.21. The lowest BCUT2D eigenvalue weighted by molar-refractivity contribution is 0.102. The number of likely N-dealkylation sites (N-methyl/N-ethyl adjacent to an activating group) is 1. The third-order valence-electron chi connectivity index (χ3n) is 4.54. The molecule has 0 atom stereocenters. The molecular weight excluding hydrogens is 400 g/mol. The number of rotatable bonds is 8. The van der Waals surface area contributed by atoms with Gasteiger partial charge in [0.15, 0.2) is 11.5 Å². The van der Waals surface area contributed by atoms with Crippen molar-refractivity contribution in [3.8, 4) is 22.6 Å². The normalized spacial score (nSPS) is 10.7. The summed E-state index contributed by atoms with van der Waals surface area (Å²) < 4.78 is 11.2. The fraction of sp³-hybridized carbons (Fsp3) is 0.208. The Morgan fingerprint density at radius 2 is 1.73 bits per heavy atom. The van der Waals surface area contributed by atoms with Gasteiger partial charge >= 0.3 is 0 Å². The first-order valence-electron chi connectivity index (χ1n) is 9.60. The van der Waals surface area contributed by atoms with Crippen LogP contribution in [0, 0.1) is 0 Å². The molecule has 1 N–H and O–H groups in total. The monoisotopic (exact) mass is 424 g/mol. The SMILES string of the molecule is COc1ccc(NC(=O)c2ccc(-c3ccccc3)cc2Cl)cc1OCCN(C)C. The van der Waals surface area contributed by atoms with E-state index in [-0.39, 0.29) is 5.91 Å². The van der Waals surface area contributed by atoms with Crippen molar-refractivity contribution in [2.45, 2.75) is 0 Å². The average Bonchev–Trinajstić information content (AvgIpc) is 2.74. The van der Waals surface area contributed by atoms with E-state index in [9.17, 15) is 4.79 Å². The summed E-state index contributed by atoms with van der Waals surface area (Å²) >= 11 is 6.41. The van der Waals surface area contributed by atoms with Gasteiger partial charge in [-0.15, -0.1) is 0 Å². The molecule has 156 valence electrons. The van der Waals surface area contributed by atoms with Gasteiger partial charge in [-0.2, -0.15) is 0 Å². The molecule has 3 rings (SSSR count). The molecule has 0 radical (unpaired) electrons. The second kappa shape index (κ2) is 10.1. The Morgan fingerprint density at radius 1 is 0.967 bits per heavy atom. The Labute approximate surface area is 182 Å². The highest BCUT2D eigenvalue weighted by Crippen LogP contribution is 2.31. The molecular formula is C24H25ClN2O3. The van der Waals surface area contributed by atoms with Gasteiger partial charge in [0.2, 0.25) is 0 Å². The number of hydrogen-bond donors (Lipinski definition) is 1. The van der Waals surface area contributed by atoms with Gasteiger partial charge in [-0.25, -0.2) is 0 Å². The first kappa shape index (κ1) is 21.7. The molecule has 0 saturated heterocycles. The molecule has 0 bridgehead atoms. The summed E-state index contributed by atoms with van der Waals surface area (Å²) in [7, 11) is 5.54. The van der Waals surface area contributed by atoms with Crippen LogP contribution in [0.2, 0.25) is 5.02 Å². The number of hydrogen-bond acceptors (Lipinski definition) is 4. The molecule has 1 amide bonds. The first-order chi connectivity index (χ1) is 14.5. The molecule has 3 aromatic carbocycles. The fourth-order valence-electron chi connectivity index (χ4n) is 2.91. The lowest BCUT2D eigenvalue weighted by Gasteiger charge is -2.15. The summed E-state index contributed by atoms with van der Waals surface area (Å²) in [5, 5.41) is 3.27. The summed E-state index contributed by atoms with van der Waals surface area (Å²) in [5.41, 5.74) is 3.00. The predicted molar refractivity (Wildman–Crippen MR) is 122 cm³/mol. The van der Waals surface area contributed by atoms with E-state index in [0.29, 0.717) is 34.4 Å². The number of carbonyl (C=O) groups is 1. The molecule has 0 unspecified atom stereocenters. The van der Waals surface area contributed by atoms with Crippen molar-refractivity contribution in [1.82, 2.24) is 4.90 Å². The van der Waals surface area contributed by atoms with Crippen LogP contribution >= 0.6 is 11.6 Å². The molecule has 0 heterocycles. The Balaban J connectivity index is 1.75. The largest absolute Gasteiger partial charge is 0.493 e. The molecule has 6 heteroatoms. The Morgan fingerprint density at radius 3 is 2.40 bits per heavy atom. The van der Waals surface area contributed by atoms with E-state index in [0.717, 1.165) is 17.7 Å². The summed E-state index contributed by atoms with van der Waals surface area (Å²) in [5.74, 6) is 0.892. The average molecular weight is 425 g/mol. The Bertz CT molecular complexity index is 1010. The number of ether oxygens (including phenoxy) is 2. The van der Waals surface area contributed by atoms with Crippen LogP contribution in [0.3, 0.4) is 0 Å². The zero-order valence-electron chi connectivity index (χ0n) is 17.3. The zero-order chi connectivity index (χ0) is 21.5. The summed E-state index contributed by atoms with van der Waals surface area (Å²) in [6.07, 6.45) is 0. The van der Waals surface area contributed by atoms with E-state index in [2.05, 4.69) is 5.32 Å². The van der Waals surface area contributed by atoms with Gasteiger partial charge in [-0.3, -0.25) is 4.79 Å². The van der Waals surface area contributed by atoms with Gasteiger partial charge in [0.25, 0.3) is 5.91 Å². The van der Waals surface area contributed by atoms with Crippen molar-refractivity contribution in [2.75, 3.05) is 39.7 Å². The van der Waals surface area contributed by atoms with Gasteiger partial charge in [0, 0.05) is 18.3 Å². The molecule has 0 saturated carbocycles. The van der Waals surface area contributed by atoms with Crippen LogP contribution < -0.4 is 14.8 Å². The van der Waals surface area contributed by atoms with Gasteiger partial charge in [-0.05, 0) is 49.5 Å². The van der Waals surface area contributed by atoms with Gasteiger partial charge in [0.05, 0.1) is 17.7 Å². The minimum absolute atomic E-state index is 0.288. The molecule has 0 spiro atoms. The van der Waals surface area contributed by atoms with E-state index in [1.54, 1.807) is 37.4 Å². The third-order valence-corrected chi connectivity index (χ3v) is 4.85. The molecule has 5 nitrogen and oxygen atoms in total. The number of nitrogens with zero attached hydrogens (tertiary/aromatic N) is 1. The zero-order valence-corrected chi connectivity index (χ0v) is 18.1. The van der Waals surface area contributed by atoms with E-state index >= 15 is 0 Å². The second-order valence-electron chi connectivity index (χ2n) is 7.03.